The van der Waals surface area contributed by atoms with Crippen LogP contribution in [0, 0.1) is 18.6 Å². The molecule has 4 rings (SSSR count). The Balaban J connectivity index is 1.71. The Hall–Kier alpha value is -3.35. The summed E-state index contributed by atoms with van der Waals surface area (Å²) in [5, 5.41) is 18.7. The summed E-state index contributed by atoms with van der Waals surface area (Å²) in [6, 6.07) is 10.9. The summed E-state index contributed by atoms with van der Waals surface area (Å²) in [7, 11) is 0. The lowest BCUT2D eigenvalue weighted by atomic mass is 9.99. The predicted octanol–water partition coefficient (Wildman–Crippen LogP) is 4.35. The summed E-state index contributed by atoms with van der Waals surface area (Å²) >= 11 is 0. The topological polar surface area (TPSA) is 66.5 Å². The summed E-state index contributed by atoms with van der Waals surface area (Å²) in [6.07, 6.45) is 1.58. The minimum atomic E-state index is -0.583. The maximum absolute atomic E-state index is 14.0. The van der Waals surface area contributed by atoms with E-state index >= 15 is 0 Å². The van der Waals surface area contributed by atoms with Gasteiger partial charge in [0.2, 0.25) is 0 Å². The summed E-state index contributed by atoms with van der Waals surface area (Å²) in [5.41, 5.74) is 2.56. The lowest BCUT2D eigenvalue weighted by Crippen LogP contribution is -1.95. The Morgan fingerprint density at radius 2 is 1.84 bits per heavy atom. The van der Waals surface area contributed by atoms with Crippen molar-refractivity contribution in [3.8, 4) is 11.1 Å². The first-order chi connectivity index (χ1) is 12.1. The number of rotatable bonds is 3. The second-order valence-electron chi connectivity index (χ2n) is 5.62. The molecule has 0 aliphatic carbocycles. The Kier molecular flexibility index (Phi) is 3.61. The molecule has 0 aliphatic heterocycles. The molecule has 2 aromatic heterocycles. The standard InChI is InChI=1S/C18H13F2N5/c1-10-9-11(22-17-13-7-8-21-23-18(13)25-24-17)5-6-12(10)16-14(19)3-2-4-15(16)20/h2-9H,1H3,(H2,22,23,24,25). The van der Waals surface area contributed by atoms with Crippen LogP contribution in [0.2, 0.25) is 0 Å². The molecule has 0 fully saturated rings. The maximum atomic E-state index is 14.0. The first kappa shape index (κ1) is 15.2. The van der Waals surface area contributed by atoms with Gasteiger partial charge in [-0.15, -0.1) is 5.10 Å². The zero-order valence-electron chi connectivity index (χ0n) is 13.2. The Bertz CT molecular complexity index is 1050. The highest BCUT2D eigenvalue weighted by Crippen LogP contribution is 2.31. The number of hydrogen-bond donors (Lipinski definition) is 2. The summed E-state index contributed by atoms with van der Waals surface area (Å²) in [4.78, 5) is 0. The van der Waals surface area contributed by atoms with Crippen molar-refractivity contribution in [3.05, 3.63) is 65.9 Å². The molecule has 0 bridgehead atoms. The highest BCUT2D eigenvalue weighted by atomic mass is 19.1. The van der Waals surface area contributed by atoms with Crippen molar-refractivity contribution in [3.63, 3.8) is 0 Å². The van der Waals surface area contributed by atoms with Gasteiger partial charge in [-0.05, 0) is 48.4 Å². The first-order valence-electron chi connectivity index (χ1n) is 7.61. The minimum absolute atomic E-state index is 0.0213. The van der Waals surface area contributed by atoms with Gasteiger partial charge in [-0.25, -0.2) is 8.78 Å². The fraction of sp³-hybridized carbons (Fsp3) is 0.0556. The van der Waals surface area contributed by atoms with Gasteiger partial charge >= 0.3 is 0 Å². The molecule has 0 unspecified atom stereocenters. The van der Waals surface area contributed by atoms with Gasteiger partial charge in [0.15, 0.2) is 11.5 Å². The van der Waals surface area contributed by atoms with Gasteiger partial charge < -0.3 is 5.32 Å². The molecule has 0 amide bonds. The molecular formula is C18H13F2N5. The molecule has 2 heterocycles. The molecule has 124 valence electrons. The molecule has 0 aliphatic rings. The molecule has 0 radical (unpaired) electrons. The van der Waals surface area contributed by atoms with E-state index in [0.717, 1.165) is 16.6 Å². The summed E-state index contributed by atoms with van der Waals surface area (Å²) < 4.78 is 28.0. The van der Waals surface area contributed by atoms with Crippen LogP contribution in [-0.4, -0.2) is 20.4 Å². The van der Waals surface area contributed by atoms with Crippen molar-refractivity contribution in [2.24, 2.45) is 0 Å². The third kappa shape index (κ3) is 2.69. The van der Waals surface area contributed by atoms with Crippen LogP contribution in [0.25, 0.3) is 22.2 Å². The second-order valence-corrected chi connectivity index (χ2v) is 5.62. The number of aromatic nitrogens is 4. The maximum Gasteiger partial charge on any atom is 0.180 e. The third-order valence-electron chi connectivity index (χ3n) is 3.97. The molecule has 0 saturated heterocycles. The van der Waals surface area contributed by atoms with Crippen LogP contribution in [0.4, 0.5) is 20.3 Å². The van der Waals surface area contributed by atoms with E-state index in [2.05, 4.69) is 25.7 Å². The van der Waals surface area contributed by atoms with Crippen LogP contribution in [0.1, 0.15) is 5.56 Å². The van der Waals surface area contributed by atoms with Gasteiger partial charge in [0.25, 0.3) is 0 Å². The highest BCUT2D eigenvalue weighted by Gasteiger charge is 2.14. The Morgan fingerprint density at radius 3 is 2.60 bits per heavy atom. The number of aryl methyl sites for hydroxylation is 1. The lowest BCUT2D eigenvalue weighted by molar-refractivity contribution is 0.589. The Labute approximate surface area is 141 Å². The van der Waals surface area contributed by atoms with E-state index in [1.165, 1.54) is 18.2 Å². The highest BCUT2D eigenvalue weighted by molar-refractivity contribution is 5.88. The van der Waals surface area contributed by atoms with Crippen LogP contribution in [-0.2, 0) is 0 Å². The normalized spacial score (nSPS) is 11.0. The molecule has 0 spiro atoms. The van der Waals surface area contributed by atoms with Gasteiger partial charge in [-0.1, -0.05) is 12.1 Å². The number of nitrogens with zero attached hydrogens (tertiary/aromatic N) is 3. The van der Waals surface area contributed by atoms with E-state index in [1.807, 2.05) is 6.07 Å². The van der Waals surface area contributed by atoms with Crippen molar-refractivity contribution >= 4 is 22.5 Å². The zero-order chi connectivity index (χ0) is 17.4. The van der Waals surface area contributed by atoms with E-state index < -0.39 is 11.6 Å². The SMILES string of the molecule is Cc1cc(Nc2n[nH]c3nnccc23)ccc1-c1c(F)cccc1F. The largest absolute Gasteiger partial charge is 0.338 e. The molecular weight excluding hydrogens is 324 g/mol. The number of benzene rings is 2. The van der Waals surface area contributed by atoms with Crippen molar-refractivity contribution in [1.82, 2.24) is 20.4 Å². The molecule has 0 saturated carbocycles. The number of fused-ring (bicyclic) bond motifs is 1. The smallest absolute Gasteiger partial charge is 0.180 e. The van der Waals surface area contributed by atoms with Gasteiger partial charge in [0.05, 0.1) is 17.1 Å². The van der Waals surface area contributed by atoms with Crippen LogP contribution in [0.15, 0.2) is 48.7 Å². The molecule has 2 aromatic carbocycles. The van der Waals surface area contributed by atoms with Crippen molar-refractivity contribution < 1.29 is 8.78 Å². The number of aromatic amines is 1. The van der Waals surface area contributed by atoms with Crippen molar-refractivity contribution in [2.45, 2.75) is 6.92 Å². The van der Waals surface area contributed by atoms with E-state index in [1.54, 1.807) is 31.3 Å². The van der Waals surface area contributed by atoms with E-state index in [-0.39, 0.29) is 5.56 Å². The number of hydrogen-bond acceptors (Lipinski definition) is 4. The Morgan fingerprint density at radius 1 is 1.04 bits per heavy atom. The van der Waals surface area contributed by atoms with Gasteiger partial charge in [0.1, 0.15) is 11.6 Å². The molecule has 7 heteroatoms. The average molecular weight is 337 g/mol. The van der Waals surface area contributed by atoms with Gasteiger partial charge in [-0.2, -0.15) is 10.2 Å². The van der Waals surface area contributed by atoms with Crippen LogP contribution < -0.4 is 5.32 Å². The van der Waals surface area contributed by atoms with Crippen molar-refractivity contribution in [2.75, 3.05) is 5.32 Å². The lowest BCUT2D eigenvalue weighted by Gasteiger charge is -2.11. The molecule has 0 atom stereocenters. The van der Waals surface area contributed by atoms with Gasteiger partial charge in [-0.3, -0.25) is 5.10 Å². The fourth-order valence-corrected chi connectivity index (χ4v) is 2.78. The summed E-state index contributed by atoms with van der Waals surface area (Å²) in [6.45, 7) is 1.81. The quantitative estimate of drug-likeness (QED) is 0.583. The van der Waals surface area contributed by atoms with E-state index in [9.17, 15) is 8.78 Å². The molecule has 4 aromatic rings. The number of anilines is 2. The van der Waals surface area contributed by atoms with E-state index in [0.29, 0.717) is 17.0 Å². The van der Waals surface area contributed by atoms with Crippen LogP contribution >= 0.6 is 0 Å². The molecule has 5 nitrogen and oxygen atoms in total. The van der Waals surface area contributed by atoms with Crippen LogP contribution in [0.5, 0.6) is 0 Å². The second kappa shape index (κ2) is 5.94. The molecule has 2 N–H and O–H groups in total. The van der Waals surface area contributed by atoms with Gasteiger partial charge in [0, 0.05) is 5.69 Å². The summed E-state index contributed by atoms with van der Waals surface area (Å²) in [5.74, 6) is -0.560. The average Bonchev–Trinajstić information content (AvgIpc) is 3.00. The van der Waals surface area contributed by atoms with E-state index in [4.69, 9.17) is 0 Å². The number of halogens is 2. The predicted molar refractivity (Wildman–Crippen MR) is 91.5 cm³/mol. The first-order valence-corrected chi connectivity index (χ1v) is 7.61. The number of nitrogens with one attached hydrogen (secondary N) is 2. The monoisotopic (exact) mass is 337 g/mol. The minimum Gasteiger partial charge on any atom is -0.338 e. The fourth-order valence-electron chi connectivity index (χ4n) is 2.78. The zero-order valence-corrected chi connectivity index (χ0v) is 13.2. The van der Waals surface area contributed by atoms with Crippen LogP contribution in [0.3, 0.4) is 0 Å². The molecule has 25 heavy (non-hydrogen) atoms. The third-order valence-corrected chi connectivity index (χ3v) is 3.97. The van der Waals surface area contributed by atoms with Crippen molar-refractivity contribution in [1.29, 1.82) is 0 Å². The number of H-pyrrole nitrogens is 1.